The van der Waals surface area contributed by atoms with E-state index in [4.69, 9.17) is 9.47 Å². The summed E-state index contributed by atoms with van der Waals surface area (Å²) in [6.45, 7) is 0.623. The predicted octanol–water partition coefficient (Wildman–Crippen LogP) is 5.88. The van der Waals surface area contributed by atoms with Crippen LogP contribution in [0.25, 0.3) is 0 Å². The molecule has 0 aliphatic heterocycles. The second kappa shape index (κ2) is 11.0. The summed E-state index contributed by atoms with van der Waals surface area (Å²) in [5.41, 5.74) is -3.59. The third-order valence-corrected chi connectivity index (χ3v) is 7.20. The maximum absolute atomic E-state index is 13.7. The Bertz CT molecular complexity index is 1420. The molecular formula is C25H22F6N2O5S. The smallest absolute Gasteiger partial charge is 0.416 e. The summed E-state index contributed by atoms with van der Waals surface area (Å²) in [7, 11) is -1.93. The number of methoxy groups -OCH3 is 2. The molecule has 0 saturated carbocycles. The Morgan fingerprint density at radius 3 is 1.90 bits per heavy atom. The Kier molecular flexibility index (Phi) is 8.39. The SMILES string of the molecule is COc1ccc(N(CC(=O)Nc2cc(C(F)(F)F)cc(C(F)(F)F)c2)S(=O)(=O)c2cc(C)ccc2OC)cc1. The molecule has 0 aromatic heterocycles. The van der Waals surface area contributed by atoms with E-state index < -0.39 is 51.6 Å². The zero-order valence-corrected chi connectivity index (χ0v) is 21.5. The van der Waals surface area contributed by atoms with Crippen molar-refractivity contribution >= 4 is 27.3 Å². The summed E-state index contributed by atoms with van der Waals surface area (Å²) >= 11 is 0. The topological polar surface area (TPSA) is 84.9 Å². The average molecular weight is 577 g/mol. The molecule has 0 unspecified atom stereocenters. The van der Waals surface area contributed by atoms with Crippen LogP contribution in [0.15, 0.2) is 65.6 Å². The first-order valence-electron chi connectivity index (χ1n) is 11.0. The van der Waals surface area contributed by atoms with Crippen LogP contribution < -0.4 is 19.1 Å². The largest absolute Gasteiger partial charge is 0.497 e. The number of halogens is 6. The van der Waals surface area contributed by atoms with E-state index in [1.807, 2.05) is 5.32 Å². The standard InChI is InChI=1S/C25H22F6N2O5S/c1-15-4-9-21(38-3)22(10-15)39(35,36)33(19-5-7-20(37-2)8-6-19)14-23(34)32-18-12-16(24(26,27)28)11-17(13-18)25(29,30)31/h4-13H,14H2,1-3H3,(H,32,34). The van der Waals surface area contributed by atoms with Crippen LogP contribution >= 0.6 is 0 Å². The van der Waals surface area contributed by atoms with Crippen molar-refractivity contribution in [1.82, 2.24) is 0 Å². The monoisotopic (exact) mass is 576 g/mol. The fraction of sp³-hybridized carbons (Fsp3) is 0.240. The van der Waals surface area contributed by atoms with E-state index in [2.05, 4.69) is 0 Å². The number of nitrogens with zero attached hydrogens (tertiary/aromatic N) is 1. The lowest BCUT2D eigenvalue weighted by Crippen LogP contribution is -2.38. The summed E-state index contributed by atoms with van der Waals surface area (Å²) in [6.07, 6.45) is -10.3. The summed E-state index contributed by atoms with van der Waals surface area (Å²) in [6, 6.07) is 10.3. The van der Waals surface area contributed by atoms with Crippen molar-refractivity contribution in [1.29, 1.82) is 0 Å². The molecule has 1 amide bonds. The number of hydrogen-bond donors (Lipinski definition) is 1. The lowest BCUT2D eigenvalue weighted by Gasteiger charge is -2.25. The molecule has 3 rings (SSSR count). The van der Waals surface area contributed by atoms with Crippen LogP contribution in [-0.2, 0) is 27.2 Å². The molecule has 210 valence electrons. The van der Waals surface area contributed by atoms with Crippen molar-refractivity contribution in [2.75, 3.05) is 30.4 Å². The number of amides is 1. The van der Waals surface area contributed by atoms with Crippen LogP contribution in [0, 0.1) is 6.92 Å². The van der Waals surface area contributed by atoms with Gasteiger partial charge in [-0.15, -0.1) is 0 Å². The molecule has 0 bridgehead atoms. The molecule has 14 heteroatoms. The highest BCUT2D eigenvalue weighted by atomic mass is 32.2. The van der Waals surface area contributed by atoms with Crippen LogP contribution in [0.2, 0.25) is 0 Å². The van der Waals surface area contributed by atoms with Crippen molar-refractivity contribution in [3.05, 3.63) is 77.4 Å². The molecule has 0 radical (unpaired) electrons. The number of nitrogens with one attached hydrogen (secondary N) is 1. The number of rotatable bonds is 8. The molecule has 1 N–H and O–H groups in total. The van der Waals surface area contributed by atoms with E-state index in [-0.39, 0.29) is 22.4 Å². The maximum Gasteiger partial charge on any atom is 0.416 e. The van der Waals surface area contributed by atoms with Crippen molar-refractivity contribution in [3.8, 4) is 11.5 Å². The van der Waals surface area contributed by atoms with E-state index in [0.717, 1.165) is 0 Å². The number of benzene rings is 3. The van der Waals surface area contributed by atoms with Gasteiger partial charge in [-0.25, -0.2) is 8.42 Å². The van der Waals surface area contributed by atoms with E-state index in [0.29, 0.717) is 27.8 Å². The second-order valence-electron chi connectivity index (χ2n) is 8.21. The minimum atomic E-state index is -5.14. The third-order valence-electron chi connectivity index (χ3n) is 5.41. The molecule has 7 nitrogen and oxygen atoms in total. The van der Waals surface area contributed by atoms with Gasteiger partial charge in [-0.05, 0) is 67.1 Å². The number of ether oxygens (including phenoxy) is 2. The van der Waals surface area contributed by atoms with Crippen molar-refractivity contribution in [2.24, 2.45) is 0 Å². The minimum absolute atomic E-state index is 0.0328. The summed E-state index contributed by atoms with van der Waals surface area (Å²) in [4.78, 5) is 12.6. The molecule has 3 aromatic rings. The summed E-state index contributed by atoms with van der Waals surface area (Å²) in [5, 5.41) is 1.95. The van der Waals surface area contributed by atoms with Crippen LogP contribution in [0.3, 0.4) is 0 Å². The first-order valence-corrected chi connectivity index (χ1v) is 12.4. The molecule has 0 spiro atoms. The van der Waals surface area contributed by atoms with E-state index >= 15 is 0 Å². The Morgan fingerprint density at radius 1 is 0.846 bits per heavy atom. The molecule has 0 aliphatic carbocycles. The number of sulfonamides is 1. The van der Waals surface area contributed by atoms with Gasteiger partial charge in [-0.1, -0.05) is 6.07 Å². The zero-order chi connectivity index (χ0) is 29.2. The van der Waals surface area contributed by atoms with E-state index in [1.54, 1.807) is 13.0 Å². The number of carbonyl (C=O) groups is 1. The lowest BCUT2D eigenvalue weighted by atomic mass is 10.1. The van der Waals surface area contributed by atoms with Gasteiger partial charge in [0.25, 0.3) is 10.0 Å². The molecular weight excluding hydrogens is 554 g/mol. The minimum Gasteiger partial charge on any atom is -0.497 e. The maximum atomic E-state index is 13.7. The summed E-state index contributed by atoms with van der Waals surface area (Å²) < 4.78 is 118. The van der Waals surface area contributed by atoms with Gasteiger partial charge in [-0.3, -0.25) is 9.10 Å². The van der Waals surface area contributed by atoms with E-state index in [1.165, 1.54) is 50.6 Å². The van der Waals surface area contributed by atoms with Gasteiger partial charge in [0.2, 0.25) is 5.91 Å². The molecule has 39 heavy (non-hydrogen) atoms. The predicted molar refractivity (Wildman–Crippen MR) is 130 cm³/mol. The van der Waals surface area contributed by atoms with Crippen LogP contribution in [0.5, 0.6) is 11.5 Å². The molecule has 0 saturated heterocycles. The first kappa shape index (κ1) is 29.6. The van der Waals surface area contributed by atoms with Crippen molar-refractivity contribution in [3.63, 3.8) is 0 Å². The molecule has 0 atom stereocenters. The molecule has 0 fully saturated rings. The van der Waals surface area contributed by atoms with Gasteiger partial charge in [0.15, 0.2) is 0 Å². The van der Waals surface area contributed by atoms with Gasteiger partial charge in [0.05, 0.1) is 31.0 Å². The fourth-order valence-electron chi connectivity index (χ4n) is 3.53. The Hall–Kier alpha value is -3.94. The van der Waals surface area contributed by atoms with Gasteiger partial charge in [0.1, 0.15) is 22.9 Å². The van der Waals surface area contributed by atoms with Crippen molar-refractivity contribution in [2.45, 2.75) is 24.2 Å². The number of anilines is 2. The highest BCUT2D eigenvalue weighted by molar-refractivity contribution is 7.93. The Labute approximate surface area is 220 Å². The van der Waals surface area contributed by atoms with Gasteiger partial charge in [-0.2, -0.15) is 26.3 Å². The third kappa shape index (κ3) is 6.93. The number of alkyl halides is 6. The van der Waals surface area contributed by atoms with Gasteiger partial charge >= 0.3 is 12.4 Å². The Morgan fingerprint density at radius 2 is 1.41 bits per heavy atom. The quantitative estimate of drug-likeness (QED) is 0.339. The van der Waals surface area contributed by atoms with E-state index in [9.17, 15) is 39.6 Å². The van der Waals surface area contributed by atoms with Crippen LogP contribution in [0.1, 0.15) is 16.7 Å². The van der Waals surface area contributed by atoms with Gasteiger partial charge in [0, 0.05) is 5.69 Å². The molecule has 0 aliphatic rings. The Balaban J connectivity index is 2.05. The number of carbonyl (C=O) groups excluding carboxylic acids is 1. The van der Waals surface area contributed by atoms with Crippen molar-refractivity contribution < 1.29 is 49.0 Å². The number of hydrogen-bond acceptors (Lipinski definition) is 5. The summed E-state index contributed by atoms with van der Waals surface area (Å²) in [5.74, 6) is -0.891. The second-order valence-corrected chi connectivity index (χ2v) is 10.0. The fourth-order valence-corrected chi connectivity index (χ4v) is 5.19. The normalized spacial score (nSPS) is 12.1. The highest BCUT2D eigenvalue weighted by Crippen LogP contribution is 2.38. The average Bonchev–Trinajstić information content (AvgIpc) is 2.86. The number of aryl methyl sites for hydroxylation is 1. The zero-order valence-electron chi connectivity index (χ0n) is 20.6. The highest BCUT2D eigenvalue weighted by Gasteiger charge is 2.37. The first-order chi connectivity index (χ1) is 18.1. The van der Waals surface area contributed by atoms with Gasteiger partial charge < -0.3 is 14.8 Å². The molecule has 0 heterocycles. The molecule has 3 aromatic carbocycles. The lowest BCUT2D eigenvalue weighted by molar-refractivity contribution is -0.143. The van der Waals surface area contributed by atoms with Crippen LogP contribution in [0.4, 0.5) is 37.7 Å². The van der Waals surface area contributed by atoms with Crippen LogP contribution in [-0.4, -0.2) is 35.1 Å².